The van der Waals surface area contributed by atoms with Gasteiger partial charge >= 0.3 is 0 Å². The van der Waals surface area contributed by atoms with Crippen molar-refractivity contribution in [1.82, 2.24) is 9.78 Å². The second kappa shape index (κ2) is 3.72. The minimum absolute atomic E-state index is 0.542. The summed E-state index contributed by atoms with van der Waals surface area (Å²) in [5, 5.41) is 4.36. The molecule has 3 nitrogen and oxygen atoms in total. The molecule has 1 aromatic heterocycles. The van der Waals surface area contributed by atoms with Gasteiger partial charge < -0.3 is 5.73 Å². The zero-order valence-corrected chi connectivity index (χ0v) is 8.04. The molecule has 0 aromatic carbocycles. The van der Waals surface area contributed by atoms with Crippen molar-refractivity contribution in [2.75, 3.05) is 6.54 Å². The van der Waals surface area contributed by atoms with E-state index >= 15 is 0 Å². The molecule has 0 aliphatic carbocycles. The summed E-state index contributed by atoms with van der Waals surface area (Å²) in [4.78, 5) is 0. The van der Waals surface area contributed by atoms with Gasteiger partial charge in [-0.25, -0.2) is 0 Å². The van der Waals surface area contributed by atoms with Crippen molar-refractivity contribution in [2.45, 2.75) is 26.2 Å². The van der Waals surface area contributed by atoms with Gasteiger partial charge in [0.2, 0.25) is 0 Å². The number of aromatic nitrogens is 2. The van der Waals surface area contributed by atoms with E-state index in [0.29, 0.717) is 12.5 Å². The normalized spacial score (nSPS) is 11.1. The highest BCUT2D eigenvalue weighted by molar-refractivity contribution is 5.20. The predicted molar refractivity (Wildman–Crippen MR) is 50.1 cm³/mol. The van der Waals surface area contributed by atoms with Gasteiger partial charge in [0.25, 0.3) is 0 Å². The molecule has 0 fully saturated rings. The molecule has 1 aromatic rings. The van der Waals surface area contributed by atoms with Crippen LogP contribution in [0.5, 0.6) is 0 Å². The molecule has 0 aliphatic heterocycles. The van der Waals surface area contributed by atoms with Gasteiger partial charge in [-0.1, -0.05) is 13.8 Å². The maximum Gasteiger partial charge on any atom is 0.0671 e. The van der Waals surface area contributed by atoms with Crippen LogP contribution in [-0.2, 0) is 13.5 Å². The molecule has 1 heterocycles. The fourth-order valence-electron chi connectivity index (χ4n) is 1.37. The second-order valence-corrected chi connectivity index (χ2v) is 3.40. The minimum Gasteiger partial charge on any atom is -0.330 e. The molecule has 0 radical (unpaired) electrons. The van der Waals surface area contributed by atoms with Crippen LogP contribution in [0.4, 0.5) is 0 Å². The molecule has 3 heteroatoms. The van der Waals surface area contributed by atoms with E-state index in [4.69, 9.17) is 5.73 Å². The number of rotatable bonds is 3. The Hall–Kier alpha value is -0.830. The van der Waals surface area contributed by atoms with Gasteiger partial charge in [0.1, 0.15) is 0 Å². The Balaban J connectivity index is 2.92. The van der Waals surface area contributed by atoms with Crippen molar-refractivity contribution >= 4 is 0 Å². The van der Waals surface area contributed by atoms with Gasteiger partial charge in [-0.2, -0.15) is 5.10 Å². The van der Waals surface area contributed by atoms with Crippen molar-refractivity contribution in [3.63, 3.8) is 0 Å². The SMILES string of the molecule is CC(C)c1cn(C)nc1CCN. The van der Waals surface area contributed by atoms with Crippen molar-refractivity contribution in [1.29, 1.82) is 0 Å². The van der Waals surface area contributed by atoms with Gasteiger partial charge in [-0.05, 0) is 18.0 Å². The van der Waals surface area contributed by atoms with E-state index in [9.17, 15) is 0 Å². The lowest BCUT2D eigenvalue weighted by Crippen LogP contribution is -2.05. The Morgan fingerprint density at radius 1 is 1.58 bits per heavy atom. The molecular formula is C9H17N3. The molecule has 12 heavy (non-hydrogen) atoms. The molecule has 0 saturated carbocycles. The first-order valence-corrected chi connectivity index (χ1v) is 4.37. The van der Waals surface area contributed by atoms with Crippen molar-refractivity contribution < 1.29 is 0 Å². The monoisotopic (exact) mass is 167 g/mol. The van der Waals surface area contributed by atoms with E-state index in [1.807, 2.05) is 11.7 Å². The third kappa shape index (κ3) is 1.85. The molecule has 68 valence electrons. The molecule has 0 bridgehead atoms. The Morgan fingerprint density at radius 3 is 2.75 bits per heavy atom. The second-order valence-electron chi connectivity index (χ2n) is 3.40. The third-order valence-electron chi connectivity index (χ3n) is 1.94. The first-order chi connectivity index (χ1) is 5.65. The first kappa shape index (κ1) is 9.26. The Labute approximate surface area is 73.6 Å². The van der Waals surface area contributed by atoms with Gasteiger partial charge in [-0.3, -0.25) is 4.68 Å². The van der Waals surface area contributed by atoms with Crippen LogP contribution in [0.3, 0.4) is 0 Å². The molecule has 0 aliphatic rings. The molecule has 0 amide bonds. The van der Waals surface area contributed by atoms with Crippen molar-refractivity contribution in [3.8, 4) is 0 Å². The standard InChI is InChI=1S/C9H17N3/c1-7(2)8-6-12(3)11-9(8)4-5-10/h6-7H,4-5,10H2,1-3H3. The van der Waals surface area contributed by atoms with Gasteiger partial charge in [0, 0.05) is 19.7 Å². The quantitative estimate of drug-likeness (QED) is 0.731. The molecule has 0 spiro atoms. The van der Waals surface area contributed by atoms with Gasteiger partial charge in [0.15, 0.2) is 0 Å². The molecular weight excluding hydrogens is 150 g/mol. The molecule has 0 atom stereocenters. The number of hydrogen-bond acceptors (Lipinski definition) is 2. The number of hydrogen-bond donors (Lipinski definition) is 1. The van der Waals surface area contributed by atoms with Crippen LogP contribution in [0.1, 0.15) is 31.0 Å². The summed E-state index contributed by atoms with van der Waals surface area (Å²) in [7, 11) is 1.95. The fourth-order valence-corrected chi connectivity index (χ4v) is 1.37. The summed E-state index contributed by atoms with van der Waals surface area (Å²) >= 11 is 0. The summed E-state index contributed by atoms with van der Waals surface area (Å²) in [6.45, 7) is 5.03. The van der Waals surface area contributed by atoms with E-state index < -0.39 is 0 Å². The first-order valence-electron chi connectivity index (χ1n) is 4.37. The molecule has 0 unspecified atom stereocenters. The summed E-state index contributed by atoms with van der Waals surface area (Å²) in [6, 6.07) is 0. The lowest BCUT2D eigenvalue weighted by molar-refractivity contribution is 0.739. The number of nitrogens with two attached hydrogens (primary N) is 1. The van der Waals surface area contributed by atoms with E-state index in [-0.39, 0.29) is 0 Å². The van der Waals surface area contributed by atoms with Gasteiger partial charge in [0.05, 0.1) is 5.69 Å². The van der Waals surface area contributed by atoms with E-state index in [0.717, 1.165) is 12.1 Å². The Morgan fingerprint density at radius 2 is 2.25 bits per heavy atom. The fraction of sp³-hybridized carbons (Fsp3) is 0.667. The Bertz CT molecular complexity index is 250. The zero-order valence-electron chi connectivity index (χ0n) is 8.04. The van der Waals surface area contributed by atoms with Crippen LogP contribution in [0, 0.1) is 0 Å². The average Bonchev–Trinajstić information content (AvgIpc) is 2.32. The largest absolute Gasteiger partial charge is 0.330 e. The van der Waals surface area contributed by atoms with Crippen molar-refractivity contribution in [3.05, 3.63) is 17.5 Å². The van der Waals surface area contributed by atoms with E-state index in [1.54, 1.807) is 0 Å². The average molecular weight is 167 g/mol. The maximum atomic E-state index is 5.49. The van der Waals surface area contributed by atoms with Gasteiger partial charge in [-0.15, -0.1) is 0 Å². The number of nitrogens with zero attached hydrogens (tertiary/aromatic N) is 2. The van der Waals surface area contributed by atoms with Crippen LogP contribution in [0.15, 0.2) is 6.20 Å². The van der Waals surface area contributed by atoms with Crippen LogP contribution >= 0.6 is 0 Å². The maximum absolute atomic E-state index is 5.49. The third-order valence-corrected chi connectivity index (χ3v) is 1.94. The lowest BCUT2D eigenvalue weighted by Gasteiger charge is -2.02. The molecule has 1 rings (SSSR count). The highest BCUT2D eigenvalue weighted by Crippen LogP contribution is 2.17. The van der Waals surface area contributed by atoms with E-state index in [2.05, 4.69) is 25.1 Å². The van der Waals surface area contributed by atoms with Crippen LogP contribution in [0.25, 0.3) is 0 Å². The summed E-state index contributed by atoms with van der Waals surface area (Å²) in [5.74, 6) is 0.542. The summed E-state index contributed by atoms with van der Waals surface area (Å²) in [6.07, 6.45) is 2.96. The smallest absolute Gasteiger partial charge is 0.0671 e. The molecule has 2 N–H and O–H groups in total. The molecule has 0 saturated heterocycles. The highest BCUT2D eigenvalue weighted by atomic mass is 15.2. The van der Waals surface area contributed by atoms with Crippen molar-refractivity contribution in [2.24, 2.45) is 12.8 Å². The van der Waals surface area contributed by atoms with Crippen LogP contribution < -0.4 is 5.73 Å². The predicted octanol–water partition coefficient (Wildman–Crippen LogP) is 1.04. The highest BCUT2D eigenvalue weighted by Gasteiger charge is 2.09. The number of aryl methyl sites for hydroxylation is 1. The minimum atomic E-state index is 0.542. The lowest BCUT2D eigenvalue weighted by atomic mass is 10.0. The summed E-state index contributed by atoms with van der Waals surface area (Å²) < 4.78 is 1.86. The van der Waals surface area contributed by atoms with Crippen LogP contribution in [-0.4, -0.2) is 16.3 Å². The zero-order chi connectivity index (χ0) is 9.14. The summed E-state index contributed by atoms with van der Waals surface area (Å²) in [5.41, 5.74) is 7.96. The Kier molecular flexibility index (Phi) is 2.87. The topological polar surface area (TPSA) is 43.8 Å². The van der Waals surface area contributed by atoms with E-state index in [1.165, 1.54) is 5.56 Å². The van der Waals surface area contributed by atoms with Crippen LogP contribution in [0.2, 0.25) is 0 Å².